The number of likely N-dealkylation sites (tertiary alicyclic amines) is 1. The summed E-state index contributed by atoms with van der Waals surface area (Å²) in [5.41, 5.74) is 3.79. The highest BCUT2D eigenvalue weighted by Crippen LogP contribution is 2.22. The van der Waals surface area contributed by atoms with Crippen LogP contribution in [0.3, 0.4) is 0 Å². The summed E-state index contributed by atoms with van der Waals surface area (Å²) in [4.78, 5) is 22.2. The monoisotopic (exact) mass is 498 g/mol. The summed E-state index contributed by atoms with van der Waals surface area (Å²) >= 11 is 0. The Bertz CT molecular complexity index is 810. The molecule has 1 fully saturated rings. The van der Waals surface area contributed by atoms with Gasteiger partial charge in [-0.2, -0.15) is 0 Å². The normalized spacial score (nSPS) is 15.4. The second kappa shape index (κ2) is 10.7. The standard InChI is InChI=1S/C21H30N4O2.HI/c1-4-22-21(25-12-9-16(10-13-25)20(26)27-3)23-11-8-17-14-24-19-15(2)6-5-7-18(17)19;/h5-7,14,16,24H,4,8-13H2,1-3H3,(H,22,23);1H. The summed E-state index contributed by atoms with van der Waals surface area (Å²) in [5, 5.41) is 4.67. The van der Waals surface area contributed by atoms with Crippen molar-refractivity contribution in [1.29, 1.82) is 0 Å². The van der Waals surface area contributed by atoms with Gasteiger partial charge in [-0.3, -0.25) is 9.79 Å². The number of para-hydroxylation sites is 1. The Labute approximate surface area is 184 Å². The minimum absolute atomic E-state index is 0. The number of nitrogens with zero attached hydrogens (tertiary/aromatic N) is 2. The minimum Gasteiger partial charge on any atom is -0.469 e. The number of benzene rings is 1. The summed E-state index contributed by atoms with van der Waals surface area (Å²) < 4.78 is 4.88. The predicted molar refractivity (Wildman–Crippen MR) is 124 cm³/mol. The van der Waals surface area contributed by atoms with Crippen LogP contribution >= 0.6 is 24.0 Å². The zero-order chi connectivity index (χ0) is 19.2. The summed E-state index contributed by atoms with van der Waals surface area (Å²) in [6.07, 6.45) is 4.64. The van der Waals surface area contributed by atoms with Gasteiger partial charge in [0.15, 0.2) is 5.96 Å². The Kier molecular flexibility index (Phi) is 8.59. The number of ether oxygens (including phenoxy) is 1. The van der Waals surface area contributed by atoms with Crippen molar-refractivity contribution in [2.75, 3.05) is 33.3 Å². The number of methoxy groups -OCH3 is 1. The number of rotatable bonds is 5. The number of aryl methyl sites for hydroxylation is 1. The Hall–Kier alpha value is -1.77. The minimum atomic E-state index is -0.0915. The van der Waals surface area contributed by atoms with E-state index in [4.69, 9.17) is 9.73 Å². The van der Waals surface area contributed by atoms with Gasteiger partial charge in [0.1, 0.15) is 0 Å². The van der Waals surface area contributed by atoms with Gasteiger partial charge in [-0.25, -0.2) is 0 Å². The molecule has 2 heterocycles. The van der Waals surface area contributed by atoms with Crippen molar-refractivity contribution in [3.8, 4) is 0 Å². The van der Waals surface area contributed by atoms with E-state index in [1.165, 1.54) is 29.1 Å². The van der Waals surface area contributed by atoms with Crippen LogP contribution in [0.15, 0.2) is 29.4 Å². The van der Waals surface area contributed by atoms with E-state index in [0.29, 0.717) is 0 Å². The van der Waals surface area contributed by atoms with Crippen LogP contribution in [0.2, 0.25) is 0 Å². The van der Waals surface area contributed by atoms with Crippen LogP contribution in [0.4, 0.5) is 0 Å². The second-order valence-electron chi connectivity index (χ2n) is 7.08. The predicted octanol–water partition coefficient (Wildman–Crippen LogP) is 3.49. The molecule has 0 amide bonds. The van der Waals surface area contributed by atoms with Crippen molar-refractivity contribution in [1.82, 2.24) is 15.2 Å². The molecule has 7 heteroatoms. The van der Waals surface area contributed by atoms with Crippen LogP contribution in [0.5, 0.6) is 0 Å². The number of carbonyl (C=O) groups excluding carboxylic acids is 1. The first-order valence-electron chi connectivity index (χ1n) is 9.80. The maximum Gasteiger partial charge on any atom is 0.308 e. The molecule has 28 heavy (non-hydrogen) atoms. The highest BCUT2D eigenvalue weighted by atomic mass is 127. The fourth-order valence-corrected chi connectivity index (χ4v) is 3.77. The molecule has 0 atom stereocenters. The van der Waals surface area contributed by atoms with Crippen molar-refractivity contribution in [2.24, 2.45) is 10.9 Å². The molecule has 1 aliphatic rings. The van der Waals surface area contributed by atoms with Gasteiger partial charge in [0.2, 0.25) is 0 Å². The van der Waals surface area contributed by atoms with E-state index in [1.54, 1.807) is 0 Å². The lowest BCUT2D eigenvalue weighted by molar-refractivity contribution is -0.146. The molecule has 6 nitrogen and oxygen atoms in total. The first kappa shape index (κ1) is 22.5. The van der Waals surface area contributed by atoms with E-state index in [1.807, 2.05) is 0 Å². The van der Waals surface area contributed by atoms with Crippen LogP contribution in [-0.2, 0) is 16.0 Å². The Morgan fingerprint density at radius 2 is 2.11 bits per heavy atom. The van der Waals surface area contributed by atoms with Crippen molar-refractivity contribution in [2.45, 2.75) is 33.1 Å². The number of halogens is 1. The molecule has 2 aromatic rings. The molecule has 1 aromatic heterocycles. The van der Waals surface area contributed by atoms with Crippen LogP contribution in [0.25, 0.3) is 10.9 Å². The number of aliphatic imine (C=N–C) groups is 1. The van der Waals surface area contributed by atoms with E-state index in [9.17, 15) is 4.79 Å². The van der Waals surface area contributed by atoms with Gasteiger partial charge in [-0.1, -0.05) is 18.2 Å². The lowest BCUT2D eigenvalue weighted by Crippen LogP contribution is -2.46. The number of piperidine rings is 1. The van der Waals surface area contributed by atoms with Crippen molar-refractivity contribution >= 4 is 46.8 Å². The summed E-state index contributed by atoms with van der Waals surface area (Å²) in [5.74, 6) is 0.867. The van der Waals surface area contributed by atoms with E-state index >= 15 is 0 Å². The maximum atomic E-state index is 11.7. The van der Waals surface area contributed by atoms with Gasteiger partial charge in [-0.15, -0.1) is 24.0 Å². The number of guanidine groups is 1. The van der Waals surface area contributed by atoms with Crippen LogP contribution < -0.4 is 5.32 Å². The quantitative estimate of drug-likeness (QED) is 0.287. The SMILES string of the molecule is CCNC(=NCCc1c[nH]c2c(C)cccc12)N1CCC(C(=O)OC)CC1.I. The molecule has 0 aliphatic carbocycles. The number of nitrogens with one attached hydrogen (secondary N) is 2. The van der Waals surface area contributed by atoms with E-state index < -0.39 is 0 Å². The Balaban J connectivity index is 0.00000280. The molecule has 1 saturated heterocycles. The van der Waals surface area contributed by atoms with Crippen molar-refractivity contribution < 1.29 is 9.53 Å². The number of carbonyl (C=O) groups is 1. The first-order chi connectivity index (χ1) is 13.1. The fraction of sp³-hybridized carbons (Fsp3) is 0.524. The molecule has 0 radical (unpaired) electrons. The molecule has 0 bridgehead atoms. The Morgan fingerprint density at radius 1 is 1.36 bits per heavy atom. The van der Waals surface area contributed by atoms with Crippen LogP contribution in [0.1, 0.15) is 30.9 Å². The molecule has 154 valence electrons. The number of esters is 1. The summed E-state index contributed by atoms with van der Waals surface area (Å²) in [6.45, 7) is 7.44. The maximum absolute atomic E-state index is 11.7. The average molecular weight is 498 g/mol. The van der Waals surface area contributed by atoms with E-state index in [-0.39, 0.29) is 35.9 Å². The Morgan fingerprint density at radius 3 is 2.79 bits per heavy atom. The van der Waals surface area contributed by atoms with Gasteiger partial charge in [0.05, 0.1) is 13.0 Å². The van der Waals surface area contributed by atoms with Crippen LogP contribution in [-0.4, -0.2) is 55.1 Å². The molecule has 3 rings (SSSR count). The molecule has 1 aromatic carbocycles. The van der Waals surface area contributed by atoms with Gasteiger partial charge >= 0.3 is 5.97 Å². The topological polar surface area (TPSA) is 69.7 Å². The van der Waals surface area contributed by atoms with Crippen molar-refractivity contribution in [3.05, 3.63) is 35.5 Å². The average Bonchev–Trinajstić information content (AvgIpc) is 3.11. The lowest BCUT2D eigenvalue weighted by Gasteiger charge is -2.33. The van der Waals surface area contributed by atoms with Crippen LogP contribution in [0, 0.1) is 12.8 Å². The molecular weight excluding hydrogens is 467 g/mol. The third kappa shape index (κ3) is 5.18. The second-order valence-corrected chi connectivity index (χ2v) is 7.08. The molecule has 0 spiro atoms. The zero-order valence-electron chi connectivity index (χ0n) is 17.0. The van der Waals surface area contributed by atoms with E-state index in [0.717, 1.165) is 51.4 Å². The van der Waals surface area contributed by atoms with E-state index in [2.05, 4.69) is 53.4 Å². The molecule has 2 N–H and O–H groups in total. The van der Waals surface area contributed by atoms with Gasteiger partial charge in [0, 0.05) is 43.3 Å². The van der Waals surface area contributed by atoms with Crippen molar-refractivity contribution in [3.63, 3.8) is 0 Å². The third-order valence-corrected chi connectivity index (χ3v) is 5.32. The smallest absolute Gasteiger partial charge is 0.308 e. The fourth-order valence-electron chi connectivity index (χ4n) is 3.77. The first-order valence-corrected chi connectivity index (χ1v) is 9.80. The number of fused-ring (bicyclic) bond motifs is 1. The van der Waals surface area contributed by atoms with Gasteiger partial charge < -0.3 is 19.9 Å². The summed E-state index contributed by atoms with van der Waals surface area (Å²) in [7, 11) is 1.46. The highest BCUT2D eigenvalue weighted by Gasteiger charge is 2.26. The third-order valence-electron chi connectivity index (χ3n) is 5.32. The molecule has 0 unspecified atom stereocenters. The van der Waals surface area contributed by atoms with Gasteiger partial charge in [-0.05, 0) is 44.2 Å². The number of H-pyrrole nitrogens is 1. The number of hydrogen-bond acceptors (Lipinski definition) is 3. The molecule has 0 saturated carbocycles. The highest BCUT2D eigenvalue weighted by molar-refractivity contribution is 14.0. The number of aromatic nitrogens is 1. The zero-order valence-corrected chi connectivity index (χ0v) is 19.3. The number of aromatic amines is 1. The lowest BCUT2D eigenvalue weighted by atomic mass is 9.97. The number of hydrogen-bond donors (Lipinski definition) is 2. The largest absolute Gasteiger partial charge is 0.469 e. The molecule has 1 aliphatic heterocycles. The van der Waals surface area contributed by atoms with Gasteiger partial charge in [0.25, 0.3) is 0 Å². The summed E-state index contributed by atoms with van der Waals surface area (Å²) in [6, 6.07) is 6.40. The molecular formula is C21H31IN4O2.